The molecule has 88 valence electrons. The molecule has 0 bridgehead atoms. The van der Waals surface area contributed by atoms with Crippen LogP contribution in [0.15, 0.2) is 0 Å². The number of hydrogen-bond acceptors (Lipinski definition) is 5. The minimum absolute atomic E-state index is 0.101. The highest BCUT2D eigenvalue weighted by Gasteiger charge is 2.25. The highest BCUT2D eigenvalue weighted by molar-refractivity contribution is 7.17. The molecule has 2 rings (SSSR count). The summed E-state index contributed by atoms with van der Waals surface area (Å²) in [7, 11) is 1.74. The Balaban J connectivity index is 2.16. The van der Waals surface area contributed by atoms with Crippen molar-refractivity contribution in [2.45, 2.75) is 26.4 Å². The van der Waals surface area contributed by atoms with E-state index in [2.05, 4.69) is 9.88 Å². The number of thiazole rings is 1. The number of anilines is 1. The van der Waals surface area contributed by atoms with Gasteiger partial charge in [0.25, 0.3) is 0 Å². The predicted molar refractivity (Wildman–Crippen MR) is 64.5 cm³/mol. The number of Topliss-reactive ketones (excluding diaryl/α,β-unsaturated/α-hetero) is 1. The van der Waals surface area contributed by atoms with Crippen LogP contribution in [0.3, 0.4) is 0 Å². The van der Waals surface area contributed by atoms with Crippen molar-refractivity contribution in [3.63, 3.8) is 0 Å². The van der Waals surface area contributed by atoms with Crippen molar-refractivity contribution in [1.82, 2.24) is 4.98 Å². The van der Waals surface area contributed by atoms with Gasteiger partial charge in [0.2, 0.25) is 0 Å². The summed E-state index contributed by atoms with van der Waals surface area (Å²) in [6.45, 7) is 5.32. The van der Waals surface area contributed by atoms with E-state index in [1.54, 1.807) is 14.0 Å². The first-order valence-corrected chi connectivity index (χ1v) is 6.19. The molecule has 0 radical (unpaired) electrons. The number of nitrogens with zero attached hydrogens (tertiary/aromatic N) is 2. The quantitative estimate of drug-likeness (QED) is 0.757. The van der Waals surface area contributed by atoms with Gasteiger partial charge in [-0.15, -0.1) is 0 Å². The molecule has 1 aliphatic rings. The predicted octanol–water partition coefficient (Wildman–Crippen LogP) is 1.88. The highest BCUT2D eigenvalue weighted by atomic mass is 32.1. The number of ketones is 1. The third kappa shape index (κ3) is 2.10. The molecule has 0 amide bonds. The topological polar surface area (TPSA) is 42.4 Å². The van der Waals surface area contributed by atoms with E-state index in [0.717, 1.165) is 35.2 Å². The lowest BCUT2D eigenvalue weighted by Crippen LogP contribution is -2.21. The van der Waals surface area contributed by atoms with Crippen molar-refractivity contribution in [2.75, 3.05) is 25.1 Å². The van der Waals surface area contributed by atoms with Gasteiger partial charge in [-0.25, -0.2) is 4.98 Å². The smallest absolute Gasteiger partial charge is 0.186 e. The van der Waals surface area contributed by atoms with Gasteiger partial charge in [0.1, 0.15) is 0 Å². The van der Waals surface area contributed by atoms with Gasteiger partial charge in [0.05, 0.1) is 16.7 Å². The Kier molecular flexibility index (Phi) is 3.25. The van der Waals surface area contributed by atoms with E-state index in [0.29, 0.717) is 6.10 Å². The SMILES string of the molecule is COC1CCN(c2nc(C)c(C(C)=O)s2)C1. The largest absolute Gasteiger partial charge is 0.380 e. The molecule has 1 aromatic rings. The molecule has 1 atom stereocenters. The molecule has 1 aliphatic heterocycles. The number of rotatable bonds is 3. The van der Waals surface area contributed by atoms with Crippen LogP contribution in [0, 0.1) is 6.92 Å². The van der Waals surface area contributed by atoms with E-state index in [9.17, 15) is 4.79 Å². The van der Waals surface area contributed by atoms with E-state index in [4.69, 9.17) is 4.74 Å². The summed E-state index contributed by atoms with van der Waals surface area (Å²) >= 11 is 1.49. The third-order valence-electron chi connectivity index (χ3n) is 2.85. The summed E-state index contributed by atoms with van der Waals surface area (Å²) in [5, 5.41) is 0.947. The molecule has 1 aromatic heterocycles. The van der Waals surface area contributed by atoms with E-state index in [-0.39, 0.29) is 5.78 Å². The lowest BCUT2D eigenvalue weighted by molar-refractivity contribution is 0.102. The van der Waals surface area contributed by atoms with E-state index in [1.807, 2.05) is 6.92 Å². The molecule has 1 fully saturated rings. The molecule has 16 heavy (non-hydrogen) atoms. The van der Waals surface area contributed by atoms with Crippen molar-refractivity contribution in [2.24, 2.45) is 0 Å². The van der Waals surface area contributed by atoms with Crippen molar-refractivity contribution < 1.29 is 9.53 Å². The fourth-order valence-corrected chi connectivity index (χ4v) is 2.94. The maximum atomic E-state index is 11.3. The second kappa shape index (κ2) is 4.51. The maximum absolute atomic E-state index is 11.3. The van der Waals surface area contributed by atoms with Gasteiger partial charge in [-0.2, -0.15) is 0 Å². The van der Waals surface area contributed by atoms with Gasteiger partial charge < -0.3 is 9.64 Å². The molecular formula is C11H16N2O2S. The van der Waals surface area contributed by atoms with E-state index in [1.165, 1.54) is 11.3 Å². The fourth-order valence-electron chi connectivity index (χ4n) is 1.94. The molecule has 0 aromatic carbocycles. The zero-order chi connectivity index (χ0) is 11.7. The number of aryl methyl sites for hydroxylation is 1. The molecule has 5 heteroatoms. The van der Waals surface area contributed by atoms with Crippen LogP contribution in [0.5, 0.6) is 0 Å². The van der Waals surface area contributed by atoms with Gasteiger partial charge >= 0.3 is 0 Å². The number of aromatic nitrogens is 1. The van der Waals surface area contributed by atoms with Crippen LogP contribution in [0.1, 0.15) is 28.7 Å². The van der Waals surface area contributed by atoms with Crippen LogP contribution in [-0.2, 0) is 4.74 Å². The monoisotopic (exact) mass is 240 g/mol. The molecule has 2 heterocycles. The summed E-state index contributed by atoms with van der Waals surface area (Å²) in [5.41, 5.74) is 0.841. The molecule has 1 saturated heterocycles. The molecule has 1 unspecified atom stereocenters. The zero-order valence-corrected chi connectivity index (χ0v) is 10.6. The van der Waals surface area contributed by atoms with Crippen LogP contribution >= 0.6 is 11.3 Å². The molecule has 0 spiro atoms. The maximum Gasteiger partial charge on any atom is 0.186 e. The van der Waals surface area contributed by atoms with Gasteiger partial charge in [-0.05, 0) is 13.3 Å². The summed E-state index contributed by atoms with van der Waals surface area (Å²) in [6, 6.07) is 0. The van der Waals surface area contributed by atoms with Crippen LogP contribution in [0.4, 0.5) is 5.13 Å². The lowest BCUT2D eigenvalue weighted by atomic mass is 10.3. The lowest BCUT2D eigenvalue weighted by Gasteiger charge is -2.13. The van der Waals surface area contributed by atoms with Crippen LogP contribution in [0.25, 0.3) is 0 Å². The normalized spacial score (nSPS) is 20.4. The van der Waals surface area contributed by atoms with Crippen molar-refractivity contribution in [1.29, 1.82) is 0 Å². The Hall–Kier alpha value is -0.940. The second-order valence-electron chi connectivity index (χ2n) is 4.06. The number of carbonyl (C=O) groups is 1. The fraction of sp³-hybridized carbons (Fsp3) is 0.636. The van der Waals surface area contributed by atoms with Crippen molar-refractivity contribution in [3.05, 3.63) is 10.6 Å². The first kappa shape index (κ1) is 11.5. The molecule has 0 saturated carbocycles. The average molecular weight is 240 g/mol. The number of carbonyl (C=O) groups excluding carboxylic acids is 1. The Morgan fingerprint density at radius 2 is 2.38 bits per heavy atom. The highest BCUT2D eigenvalue weighted by Crippen LogP contribution is 2.29. The zero-order valence-electron chi connectivity index (χ0n) is 9.82. The molecule has 4 nitrogen and oxygen atoms in total. The summed E-state index contributed by atoms with van der Waals surface area (Å²) in [6.07, 6.45) is 1.33. The number of hydrogen-bond donors (Lipinski definition) is 0. The number of ether oxygens (including phenoxy) is 1. The van der Waals surface area contributed by atoms with E-state index < -0.39 is 0 Å². The second-order valence-corrected chi connectivity index (χ2v) is 5.04. The van der Waals surface area contributed by atoms with Crippen LogP contribution in [-0.4, -0.2) is 37.1 Å². The average Bonchev–Trinajstić information content (AvgIpc) is 2.83. The molecular weight excluding hydrogens is 224 g/mol. The van der Waals surface area contributed by atoms with E-state index >= 15 is 0 Å². The first-order chi connectivity index (χ1) is 7.61. The van der Waals surface area contributed by atoms with Gasteiger partial charge in [0.15, 0.2) is 10.9 Å². The Morgan fingerprint density at radius 3 is 2.88 bits per heavy atom. The minimum atomic E-state index is 0.101. The third-order valence-corrected chi connectivity index (χ3v) is 4.17. The van der Waals surface area contributed by atoms with Gasteiger partial charge in [-0.3, -0.25) is 4.79 Å². The van der Waals surface area contributed by atoms with Crippen molar-refractivity contribution >= 4 is 22.3 Å². The van der Waals surface area contributed by atoms with Gasteiger partial charge in [0, 0.05) is 27.1 Å². The first-order valence-electron chi connectivity index (χ1n) is 5.38. The van der Waals surface area contributed by atoms with Crippen molar-refractivity contribution in [3.8, 4) is 0 Å². The Morgan fingerprint density at radius 1 is 1.62 bits per heavy atom. The summed E-state index contributed by atoms with van der Waals surface area (Å²) < 4.78 is 5.32. The number of methoxy groups -OCH3 is 1. The Labute approximate surface area is 99.2 Å². The van der Waals surface area contributed by atoms with Crippen LogP contribution in [0.2, 0.25) is 0 Å². The van der Waals surface area contributed by atoms with Crippen LogP contribution < -0.4 is 4.90 Å². The van der Waals surface area contributed by atoms with Gasteiger partial charge in [-0.1, -0.05) is 11.3 Å². The standard InChI is InChI=1S/C11H16N2O2S/c1-7-10(8(2)14)16-11(12-7)13-5-4-9(6-13)15-3/h9H,4-6H2,1-3H3. The minimum Gasteiger partial charge on any atom is -0.380 e. The Bertz CT molecular complexity index is 403. The molecule has 0 aliphatic carbocycles. The molecule has 0 N–H and O–H groups in total. The summed E-state index contributed by atoms with van der Waals surface area (Å²) in [4.78, 5) is 18.8. The summed E-state index contributed by atoms with van der Waals surface area (Å²) in [5.74, 6) is 0.101.